The van der Waals surface area contributed by atoms with Crippen LogP contribution < -0.4 is 14.8 Å². The maximum atomic E-state index is 5.32. The third kappa shape index (κ3) is 4.88. The molecule has 0 fully saturated rings. The lowest BCUT2D eigenvalue weighted by Gasteiger charge is -2.11. The van der Waals surface area contributed by atoms with Crippen LogP contribution in [0.25, 0.3) is 6.08 Å². The Balaban J connectivity index is 2.91. The maximum Gasteiger partial charge on any atom is 0.161 e. The quantitative estimate of drug-likeness (QED) is 0.771. The number of rotatable bonds is 7. The van der Waals surface area contributed by atoms with Gasteiger partial charge in [-0.25, -0.2) is 0 Å². The van der Waals surface area contributed by atoms with Crippen molar-refractivity contribution in [2.24, 2.45) is 0 Å². The number of halogens is 1. The SMILES string of the molecule is CCCNCC(C)=Cc1cc(OC)c(OC)cc1Br. The Bertz CT molecular complexity index is 444. The van der Waals surface area contributed by atoms with E-state index < -0.39 is 0 Å². The van der Waals surface area contributed by atoms with Gasteiger partial charge >= 0.3 is 0 Å². The van der Waals surface area contributed by atoms with Crippen LogP contribution in [-0.2, 0) is 0 Å². The van der Waals surface area contributed by atoms with Gasteiger partial charge in [0.25, 0.3) is 0 Å². The summed E-state index contributed by atoms with van der Waals surface area (Å²) in [6.45, 7) is 6.22. The van der Waals surface area contributed by atoms with Gasteiger partial charge in [0.15, 0.2) is 11.5 Å². The molecule has 0 saturated carbocycles. The monoisotopic (exact) mass is 327 g/mol. The van der Waals surface area contributed by atoms with Crippen LogP contribution in [0, 0.1) is 0 Å². The van der Waals surface area contributed by atoms with E-state index in [0.717, 1.165) is 41.0 Å². The van der Waals surface area contributed by atoms with Gasteiger partial charge in [-0.1, -0.05) is 34.5 Å². The van der Waals surface area contributed by atoms with Crippen LogP contribution in [0.4, 0.5) is 0 Å². The zero-order chi connectivity index (χ0) is 14.3. The summed E-state index contributed by atoms with van der Waals surface area (Å²) in [5.74, 6) is 1.47. The van der Waals surface area contributed by atoms with Crippen molar-refractivity contribution in [1.82, 2.24) is 5.32 Å². The zero-order valence-electron chi connectivity index (χ0n) is 12.0. The molecule has 4 heteroatoms. The molecule has 0 heterocycles. The van der Waals surface area contributed by atoms with Crippen LogP contribution in [0.15, 0.2) is 22.2 Å². The van der Waals surface area contributed by atoms with Crippen molar-refractivity contribution < 1.29 is 9.47 Å². The summed E-state index contributed by atoms with van der Waals surface area (Å²) >= 11 is 3.56. The van der Waals surface area contributed by atoms with E-state index in [9.17, 15) is 0 Å². The molecule has 0 amide bonds. The van der Waals surface area contributed by atoms with Gasteiger partial charge in [0.1, 0.15) is 0 Å². The summed E-state index contributed by atoms with van der Waals surface area (Å²) in [5.41, 5.74) is 2.37. The van der Waals surface area contributed by atoms with Crippen LogP contribution in [0.3, 0.4) is 0 Å². The third-order valence-corrected chi connectivity index (χ3v) is 3.42. The first-order chi connectivity index (χ1) is 9.12. The Morgan fingerprint density at radius 3 is 2.47 bits per heavy atom. The van der Waals surface area contributed by atoms with E-state index in [2.05, 4.69) is 41.2 Å². The molecule has 106 valence electrons. The second kappa shape index (κ2) is 8.23. The van der Waals surface area contributed by atoms with E-state index in [4.69, 9.17) is 9.47 Å². The van der Waals surface area contributed by atoms with Gasteiger partial charge in [0.05, 0.1) is 14.2 Å². The molecule has 1 N–H and O–H groups in total. The Kier molecular flexibility index (Phi) is 6.95. The highest BCUT2D eigenvalue weighted by atomic mass is 79.9. The molecular formula is C15H22BrNO2. The van der Waals surface area contributed by atoms with Crippen LogP contribution in [0.2, 0.25) is 0 Å². The van der Waals surface area contributed by atoms with Gasteiger partial charge in [-0.3, -0.25) is 0 Å². The smallest absolute Gasteiger partial charge is 0.161 e. The van der Waals surface area contributed by atoms with Crippen molar-refractivity contribution in [3.05, 3.63) is 27.7 Å². The lowest BCUT2D eigenvalue weighted by molar-refractivity contribution is 0.354. The molecule has 0 unspecified atom stereocenters. The van der Waals surface area contributed by atoms with Gasteiger partial charge in [-0.2, -0.15) is 0 Å². The van der Waals surface area contributed by atoms with Crippen LogP contribution in [-0.4, -0.2) is 27.3 Å². The van der Waals surface area contributed by atoms with Gasteiger partial charge in [-0.05, 0) is 37.6 Å². The van der Waals surface area contributed by atoms with Gasteiger partial charge < -0.3 is 14.8 Å². The summed E-state index contributed by atoms with van der Waals surface area (Å²) < 4.78 is 11.6. The van der Waals surface area contributed by atoms with Gasteiger partial charge in [0.2, 0.25) is 0 Å². The number of ether oxygens (including phenoxy) is 2. The molecule has 0 aromatic heterocycles. The average Bonchev–Trinajstić information content (AvgIpc) is 2.40. The van der Waals surface area contributed by atoms with Crippen molar-refractivity contribution >= 4 is 22.0 Å². The van der Waals surface area contributed by atoms with Crippen LogP contribution in [0.1, 0.15) is 25.8 Å². The highest BCUT2D eigenvalue weighted by molar-refractivity contribution is 9.10. The zero-order valence-corrected chi connectivity index (χ0v) is 13.6. The minimum absolute atomic E-state index is 0.730. The van der Waals surface area contributed by atoms with E-state index in [0.29, 0.717) is 0 Å². The summed E-state index contributed by atoms with van der Waals surface area (Å²) in [4.78, 5) is 0. The minimum Gasteiger partial charge on any atom is -0.493 e. The number of nitrogens with one attached hydrogen (secondary N) is 1. The molecule has 0 aliphatic carbocycles. The normalized spacial score (nSPS) is 11.5. The van der Waals surface area contributed by atoms with Crippen molar-refractivity contribution in [2.75, 3.05) is 27.3 Å². The molecule has 3 nitrogen and oxygen atoms in total. The fourth-order valence-corrected chi connectivity index (χ4v) is 2.20. The molecule has 0 spiro atoms. The molecule has 1 rings (SSSR count). The van der Waals surface area contributed by atoms with E-state index in [1.54, 1.807) is 14.2 Å². The number of hydrogen-bond donors (Lipinski definition) is 1. The number of benzene rings is 1. The first kappa shape index (κ1) is 16.1. The second-order valence-electron chi connectivity index (χ2n) is 4.40. The summed E-state index contributed by atoms with van der Waals surface area (Å²) in [7, 11) is 3.29. The Morgan fingerprint density at radius 2 is 1.89 bits per heavy atom. The van der Waals surface area contributed by atoms with Gasteiger partial charge in [-0.15, -0.1) is 0 Å². The lowest BCUT2D eigenvalue weighted by Crippen LogP contribution is -2.16. The van der Waals surface area contributed by atoms with E-state index >= 15 is 0 Å². The Hall–Kier alpha value is -1.00. The first-order valence-electron chi connectivity index (χ1n) is 6.41. The molecule has 0 radical (unpaired) electrons. The fourth-order valence-electron chi connectivity index (χ4n) is 1.76. The predicted octanol–water partition coefficient (Wildman–Crippen LogP) is 3.87. The topological polar surface area (TPSA) is 30.5 Å². The van der Waals surface area contributed by atoms with E-state index in [1.165, 1.54) is 5.57 Å². The third-order valence-electron chi connectivity index (χ3n) is 2.74. The Morgan fingerprint density at radius 1 is 1.26 bits per heavy atom. The highest BCUT2D eigenvalue weighted by Crippen LogP contribution is 2.34. The fraction of sp³-hybridized carbons (Fsp3) is 0.467. The second-order valence-corrected chi connectivity index (χ2v) is 5.25. The van der Waals surface area contributed by atoms with Crippen LogP contribution >= 0.6 is 15.9 Å². The molecule has 0 atom stereocenters. The summed E-state index contributed by atoms with van der Waals surface area (Å²) in [6, 6.07) is 3.91. The largest absolute Gasteiger partial charge is 0.493 e. The number of hydrogen-bond acceptors (Lipinski definition) is 3. The molecule has 0 bridgehead atoms. The number of methoxy groups -OCH3 is 2. The summed E-state index contributed by atoms with van der Waals surface area (Å²) in [6.07, 6.45) is 3.29. The molecule has 1 aromatic rings. The van der Waals surface area contributed by atoms with E-state index in [-0.39, 0.29) is 0 Å². The van der Waals surface area contributed by atoms with Crippen molar-refractivity contribution in [3.63, 3.8) is 0 Å². The minimum atomic E-state index is 0.730. The average molecular weight is 328 g/mol. The van der Waals surface area contributed by atoms with E-state index in [1.807, 2.05) is 12.1 Å². The summed E-state index contributed by atoms with van der Waals surface area (Å²) in [5, 5.41) is 3.39. The lowest BCUT2D eigenvalue weighted by atomic mass is 10.1. The molecule has 0 aliphatic rings. The maximum absolute atomic E-state index is 5.32. The predicted molar refractivity (Wildman–Crippen MR) is 84.1 cm³/mol. The Labute approximate surface area is 124 Å². The molecule has 1 aromatic carbocycles. The van der Waals surface area contributed by atoms with Crippen molar-refractivity contribution in [2.45, 2.75) is 20.3 Å². The molecular weight excluding hydrogens is 306 g/mol. The molecule has 0 saturated heterocycles. The van der Waals surface area contributed by atoms with Gasteiger partial charge in [0, 0.05) is 11.0 Å². The highest BCUT2D eigenvalue weighted by Gasteiger charge is 2.08. The molecule has 0 aliphatic heterocycles. The van der Waals surface area contributed by atoms with Crippen molar-refractivity contribution in [1.29, 1.82) is 0 Å². The van der Waals surface area contributed by atoms with Crippen LogP contribution in [0.5, 0.6) is 11.5 Å². The van der Waals surface area contributed by atoms with Crippen molar-refractivity contribution in [3.8, 4) is 11.5 Å². The first-order valence-corrected chi connectivity index (χ1v) is 7.21. The standard InChI is InChI=1S/C15H22BrNO2/c1-5-6-17-10-11(2)7-12-8-14(18-3)15(19-4)9-13(12)16/h7-9,17H,5-6,10H2,1-4H3. The molecule has 19 heavy (non-hydrogen) atoms.